The van der Waals surface area contributed by atoms with Crippen LogP contribution in [0.4, 0.5) is 5.69 Å². The Balaban J connectivity index is 1.71. The van der Waals surface area contributed by atoms with E-state index in [-0.39, 0.29) is 5.54 Å². The van der Waals surface area contributed by atoms with Crippen LogP contribution in [0.15, 0.2) is 30.0 Å². The van der Waals surface area contributed by atoms with Crippen molar-refractivity contribution in [1.29, 1.82) is 0 Å². The zero-order valence-electron chi connectivity index (χ0n) is 14.0. The van der Waals surface area contributed by atoms with E-state index in [0.717, 1.165) is 47.5 Å². The fraction of sp³-hybridized carbons (Fsp3) is 0.444. The maximum absolute atomic E-state index is 6.65. The molecule has 0 saturated carbocycles. The molecule has 0 unspecified atom stereocenters. The molecule has 0 amide bonds. The van der Waals surface area contributed by atoms with E-state index in [4.69, 9.17) is 5.73 Å². The second-order valence-electron chi connectivity index (χ2n) is 6.73. The largest absolute Gasteiger partial charge is 0.369 e. The van der Waals surface area contributed by atoms with Crippen molar-refractivity contribution in [3.8, 4) is 10.6 Å². The molecule has 3 aromatic rings. The van der Waals surface area contributed by atoms with Crippen LogP contribution in [0.3, 0.4) is 0 Å². The maximum Gasteiger partial charge on any atom is 0.140 e. The van der Waals surface area contributed by atoms with Crippen molar-refractivity contribution in [3.05, 3.63) is 30.0 Å². The molecule has 0 aromatic carbocycles. The number of hydrogen-bond acceptors (Lipinski definition) is 5. The fourth-order valence-corrected chi connectivity index (χ4v) is 4.32. The van der Waals surface area contributed by atoms with Crippen molar-refractivity contribution >= 4 is 28.1 Å². The highest BCUT2D eigenvalue weighted by Crippen LogP contribution is 2.38. The van der Waals surface area contributed by atoms with Gasteiger partial charge in [0, 0.05) is 48.2 Å². The first-order valence-electron chi connectivity index (χ1n) is 8.60. The van der Waals surface area contributed by atoms with Crippen LogP contribution in [0, 0.1) is 0 Å². The first kappa shape index (κ1) is 15.6. The van der Waals surface area contributed by atoms with E-state index < -0.39 is 0 Å². The number of nitrogens with zero attached hydrogens (tertiary/aromatic N) is 3. The van der Waals surface area contributed by atoms with E-state index >= 15 is 0 Å². The molecular formula is C18H23N5S. The molecule has 1 atom stereocenters. The molecule has 126 valence electrons. The Morgan fingerprint density at radius 3 is 3.08 bits per heavy atom. The standard InChI is InChI=1S/C18H23N5S/c1-2-3-5-18(19)6-9-23(12-18)14-4-7-20-16-15(14)13(11-22-16)17-21-8-10-24-17/h4,7-8,10-11H,2-3,5-6,9,12,19H2,1H3,(H,20,22)/t18-/m1/s1. The Morgan fingerprint density at radius 2 is 2.29 bits per heavy atom. The van der Waals surface area contributed by atoms with Crippen LogP contribution in [0.1, 0.15) is 32.6 Å². The van der Waals surface area contributed by atoms with Crippen LogP contribution in [-0.2, 0) is 0 Å². The van der Waals surface area contributed by atoms with Crippen molar-refractivity contribution < 1.29 is 0 Å². The molecule has 5 nitrogen and oxygen atoms in total. The molecule has 0 aliphatic carbocycles. The number of pyridine rings is 1. The molecule has 6 heteroatoms. The monoisotopic (exact) mass is 341 g/mol. The van der Waals surface area contributed by atoms with E-state index in [1.165, 1.54) is 18.5 Å². The molecule has 0 bridgehead atoms. The van der Waals surface area contributed by atoms with Gasteiger partial charge in [0.15, 0.2) is 0 Å². The number of thiazole rings is 1. The van der Waals surface area contributed by atoms with Crippen LogP contribution in [0.5, 0.6) is 0 Å². The van der Waals surface area contributed by atoms with Gasteiger partial charge >= 0.3 is 0 Å². The Bertz CT molecular complexity index is 825. The van der Waals surface area contributed by atoms with Crippen LogP contribution < -0.4 is 10.6 Å². The number of anilines is 1. The second kappa shape index (κ2) is 6.18. The Labute approximate surface area is 145 Å². The number of rotatable bonds is 5. The number of hydrogen-bond donors (Lipinski definition) is 2. The van der Waals surface area contributed by atoms with Crippen LogP contribution in [0.25, 0.3) is 21.6 Å². The summed E-state index contributed by atoms with van der Waals surface area (Å²) >= 11 is 1.66. The predicted octanol–water partition coefficient (Wildman–Crippen LogP) is 3.78. The summed E-state index contributed by atoms with van der Waals surface area (Å²) < 4.78 is 0. The molecule has 24 heavy (non-hydrogen) atoms. The minimum atomic E-state index is -0.0662. The molecule has 1 aliphatic heterocycles. The topological polar surface area (TPSA) is 70.8 Å². The lowest BCUT2D eigenvalue weighted by Gasteiger charge is -2.26. The van der Waals surface area contributed by atoms with Crippen molar-refractivity contribution in [2.45, 2.75) is 38.1 Å². The molecule has 0 spiro atoms. The number of nitrogens with two attached hydrogens (primary N) is 1. The number of fused-ring (bicyclic) bond motifs is 1. The smallest absolute Gasteiger partial charge is 0.140 e. The molecule has 3 N–H and O–H groups in total. The third kappa shape index (κ3) is 2.70. The lowest BCUT2D eigenvalue weighted by Crippen LogP contribution is -2.42. The van der Waals surface area contributed by atoms with Gasteiger partial charge in [0.1, 0.15) is 10.7 Å². The lowest BCUT2D eigenvalue weighted by atomic mass is 9.93. The highest BCUT2D eigenvalue weighted by molar-refractivity contribution is 7.13. The zero-order valence-corrected chi connectivity index (χ0v) is 14.8. The van der Waals surface area contributed by atoms with Gasteiger partial charge < -0.3 is 15.6 Å². The molecule has 3 aromatic heterocycles. The highest BCUT2D eigenvalue weighted by atomic mass is 32.1. The van der Waals surface area contributed by atoms with Gasteiger partial charge in [-0.3, -0.25) is 0 Å². The average molecular weight is 341 g/mol. The summed E-state index contributed by atoms with van der Waals surface area (Å²) in [6.45, 7) is 4.14. The molecule has 1 aliphatic rings. The minimum absolute atomic E-state index is 0.0662. The number of unbranched alkanes of at least 4 members (excludes halogenated alkanes) is 1. The number of H-pyrrole nitrogens is 1. The van der Waals surface area contributed by atoms with E-state index in [1.807, 2.05) is 24.0 Å². The van der Waals surface area contributed by atoms with Gasteiger partial charge in [0.05, 0.1) is 11.1 Å². The summed E-state index contributed by atoms with van der Waals surface area (Å²) in [5.41, 5.74) is 9.85. The summed E-state index contributed by atoms with van der Waals surface area (Å²) in [4.78, 5) is 14.7. The van der Waals surface area contributed by atoms with Crippen molar-refractivity contribution in [3.63, 3.8) is 0 Å². The summed E-state index contributed by atoms with van der Waals surface area (Å²) in [5.74, 6) is 0. The van der Waals surface area contributed by atoms with Crippen molar-refractivity contribution in [2.75, 3.05) is 18.0 Å². The van der Waals surface area contributed by atoms with Crippen LogP contribution >= 0.6 is 11.3 Å². The Hall–Kier alpha value is -1.92. The minimum Gasteiger partial charge on any atom is -0.369 e. The zero-order chi connectivity index (χ0) is 16.6. The second-order valence-corrected chi connectivity index (χ2v) is 7.63. The molecule has 1 saturated heterocycles. The summed E-state index contributed by atoms with van der Waals surface area (Å²) in [6, 6.07) is 2.11. The summed E-state index contributed by atoms with van der Waals surface area (Å²) in [5, 5.41) is 4.20. The lowest BCUT2D eigenvalue weighted by molar-refractivity contribution is 0.419. The van der Waals surface area contributed by atoms with Crippen LogP contribution in [-0.4, -0.2) is 33.6 Å². The van der Waals surface area contributed by atoms with Crippen molar-refractivity contribution in [1.82, 2.24) is 15.0 Å². The highest BCUT2D eigenvalue weighted by Gasteiger charge is 2.34. The number of aromatic amines is 1. The summed E-state index contributed by atoms with van der Waals surface area (Å²) in [6.07, 6.45) is 10.3. The van der Waals surface area contributed by atoms with Gasteiger partial charge in [-0.15, -0.1) is 11.3 Å². The molecule has 1 fully saturated rings. The first-order valence-corrected chi connectivity index (χ1v) is 9.48. The molecular weight excluding hydrogens is 318 g/mol. The van der Waals surface area contributed by atoms with Gasteiger partial charge in [0.2, 0.25) is 0 Å². The van der Waals surface area contributed by atoms with Gasteiger partial charge in [-0.05, 0) is 18.9 Å². The van der Waals surface area contributed by atoms with Gasteiger partial charge in [0.25, 0.3) is 0 Å². The van der Waals surface area contributed by atoms with Gasteiger partial charge in [-0.25, -0.2) is 9.97 Å². The number of nitrogens with one attached hydrogen (secondary N) is 1. The predicted molar refractivity (Wildman–Crippen MR) is 100 cm³/mol. The summed E-state index contributed by atoms with van der Waals surface area (Å²) in [7, 11) is 0. The fourth-order valence-electron chi connectivity index (χ4n) is 3.66. The molecule has 0 radical (unpaired) electrons. The van der Waals surface area contributed by atoms with E-state index in [0.29, 0.717) is 0 Å². The van der Waals surface area contributed by atoms with E-state index in [1.54, 1.807) is 11.3 Å². The SMILES string of the molecule is CCCC[C@@]1(N)CCN(c2ccnc3[nH]cc(-c4nccs4)c23)C1. The maximum atomic E-state index is 6.65. The van der Waals surface area contributed by atoms with E-state index in [9.17, 15) is 0 Å². The number of aromatic nitrogens is 3. The van der Waals surface area contributed by atoms with Gasteiger partial charge in [-0.2, -0.15) is 0 Å². The Morgan fingerprint density at radius 1 is 1.38 bits per heavy atom. The third-order valence-electron chi connectivity index (χ3n) is 4.97. The first-order chi connectivity index (χ1) is 11.7. The molecule has 4 heterocycles. The normalized spacial score (nSPS) is 21.0. The quantitative estimate of drug-likeness (QED) is 0.741. The van der Waals surface area contributed by atoms with Crippen LogP contribution in [0.2, 0.25) is 0 Å². The third-order valence-corrected chi connectivity index (χ3v) is 5.77. The Kier molecular flexibility index (Phi) is 4.02. The average Bonchev–Trinajstić information content (AvgIpc) is 3.31. The van der Waals surface area contributed by atoms with Gasteiger partial charge in [-0.1, -0.05) is 19.8 Å². The van der Waals surface area contributed by atoms with E-state index in [2.05, 4.69) is 32.8 Å². The van der Waals surface area contributed by atoms with Crippen molar-refractivity contribution in [2.24, 2.45) is 5.73 Å². The molecule has 4 rings (SSSR count).